The molecule has 0 N–H and O–H groups in total. The van der Waals surface area contributed by atoms with Gasteiger partial charge < -0.3 is 4.90 Å². The normalized spacial score (nSPS) is 12.7. The fourth-order valence-electron chi connectivity index (χ4n) is 9.15. The average molecular weight is 772 g/mol. The number of thiophene rings is 1. The number of benzene rings is 9. The van der Waals surface area contributed by atoms with E-state index in [9.17, 15) is 0 Å². The summed E-state index contributed by atoms with van der Waals surface area (Å²) in [5.41, 5.74) is 18.7. The molecule has 1 aromatic heterocycles. The zero-order valence-corrected chi connectivity index (χ0v) is 33.9. The van der Waals surface area contributed by atoms with Crippen molar-refractivity contribution in [3.05, 3.63) is 223 Å². The molecule has 11 rings (SSSR count). The summed E-state index contributed by atoms with van der Waals surface area (Å²) in [7, 11) is 0. The standard InChI is InChI=1S/C57H41NS/c1-57(2)53-16-10-9-15-49(53)52-35-43(25-34-54(52)57)45-24-33-51-50-32-23-44(36-55(50)59-56(51)37-45)42-21-30-48(31-22-42)58(46-26-17-40(18-27-46)38-11-5-3-6-12-38)47-28-19-41(20-29-47)39-13-7-4-8-14-39/h3-37H,1-2H3. The number of hydrogen-bond donors (Lipinski definition) is 0. The Hall–Kier alpha value is -7.00. The number of rotatable bonds is 7. The molecule has 0 bridgehead atoms. The summed E-state index contributed by atoms with van der Waals surface area (Å²) in [6.45, 7) is 4.69. The molecule has 0 atom stereocenters. The molecule has 0 saturated carbocycles. The van der Waals surface area contributed by atoms with Crippen LogP contribution in [0.4, 0.5) is 17.1 Å². The monoisotopic (exact) mass is 771 g/mol. The van der Waals surface area contributed by atoms with E-state index in [-0.39, 0.29) is 5.41 Å². The van der Waals surface area contributed by atoms with Gasteiger partial charge in [-0.25, -0.2) is 0 Å². The van der Waals surface area contributed by atoms with Gasteiger partial charge >= 0.3 is 0 Å². The van der Waals surface area contributed by atoms with Crippen molar-refractivity contribution in [3.8, 4) is 55.6 Å². The van der Waals surface area contributed by atoms with Gasteiger partial charge in [-0.15, -0.1) is 11.3 Å². The topological polar surface area (TPSA) is 3.24 Å². The van der Waals surface area contributed by atoms with Crippen LogP contribution in [-0.2, 0) is 5.41 Å². The summed E-state index contributed by atoms with van der Waals surface area (Å²) < 4.78 is 2.63. The van der Waals surface area contributed by atoms with E-state index >= 15 is 0 Å². The highest BCUT2D eigenvalue weighted by Crippen LogP contribution is 2.50. The van der Waals surface area contributed by atoms with Crippen LogP contribution in [0.25, 0.3) is 75.8 Å². The van der Waals surface area contributed by atoms with Crippen LogP contribution in [0.2, 0.25) is 0 Å². The van der Waals surface area contributed by atoms with E-state index in [4.69, 9.17) is 0 Å². The van der Waals surface area contributed by atoms with E-state index in [1.807, 2.05) is 11.3 Å². The van der Waals surface area contributed by atoms with E-state index in [0.717, 1.165) is 17.1 Å². The molecule has 0 amide bonds. The fourth-order valence-corrected chi connectivity index (χ4v) is 10.3. The first kappa shape index (κ1) is 35.2. The quantitative estimate of drug-likeness (QED) is 0.156. The lowest BCUT2D eigenvalue weighted by atomic mass is 9.82. The third-order valence-corrected chi connectivity index (χ3v) is 13.4. The molecule has 1 heterocycles. The first-order valence-corrected chi connectivity index (χ1v) is 21.2. The number of fused-ring (bicyclic) bond motifs is 6. The van der Waals surface area contributed by atoms with Crippen LogP contribution >= 0.6 is 11.3 Å². The molecule has 0 aliphatic heterocycles. The number of hydrogen-bond acceptors (Lipinski definition) is 2. The van der Waals surface area contributed by atoms with Gasteiger partial charge in [0.1, 0.15) is 0 Å². The average Bonchev–Trinajstić information content (AvgIpc) is 3.78. The van der Waals surface area contributed by atoms with Crippen LogP contribution in [0.5, 0.6) is 0 Å². The van der Waals surface area contributed by atoms with Crippen LogP contribution in [-0.4, -0.2) is 0 Å². The Labute approximate surface area is 350 Å². The lowest BCUT2D eigenvalue weighted by molar-refractivity contribution is 0.660. The molecule has 1 aliphatic carbocycles. The van der Waals surface area contributed by atoms with Crippen LogP contribution in [0.1, 0.15) is 25.0 Å². The minimum absolute atomic E-state index is 0.0154. The van der Waals surface area contributed by atoms with Crippen molar-refractivity contribution in [3.63, 3.8) is 0 Å². The fraction of sp³-hybridized carbons (Fsp3) is 0.0526. The maximum atomic E-state index is 2.40. The highest BCUT2D eigenvalue weighted by Gasteiger charge is 2.35. The van der Waals surface area contributed by atoms with E-state index < -0.39 is 0 Å². The summed E-state index contributed by atoms with van der Waals surface area (Å²) >= 11 is 1.89. The van der Waals surface area contributed by atoms with Gasteiger partial charge in [-0.1, -0.05) is 172 Å². The first-order valence-electron chi connectivity index (χ1n) is 20.4. The van der Waals surface area contributed by atoms with Gasteiger partial charge in [0.05, 0.1) is 0 Å². The van der Waals surface area contributed by atoms with Gasteiger partial charge in [0.15, 0.2) is 0 Å². The Morgan fingerprint density at radius 1 is 0.322 bits per heavy atom. The summed E-state index contributed by atoms with van der Waals surface area (Å²) in [6.07, 6.45) is 0. The lowest BCUT2D eigenvalue weighted by Crippen LogP contribution is -2.14. The van der Waals surface area contributed by atoms with Gasteiger partial charge in [-0.2, -0.15) is 0 Å². The van der Waals surface area contributed by atoms with Gasteiger partial charge in [-0.05, 0) is 121 Å². The molecule has 0 fully saturated rings. The third-order valence-electron chi connectivity index (χ3n) is 12.3. The second-order valence-electron chi connectivity index (χ2n) is 16.2. The van der Waals surface area contributed by atoms with E-state index in [1.165, 1.54) is 86.9 Å². The molecule has 280 valence electrons. The molecular formula is C57H41NS. The van der Waals surface area contributed by atoms with Crippen molar-refractivity contribution in [2.75, 3.05) is 4.90 Å². The number of anilines is 3. The SMILES string of the molecule is CC1(C)c2ccccc2-c2cc(-c3ccc4c(c3)sc3cc(-c5ccc(N(c6ccc(-c7ccccc7)cc6)c6ccc(-c7ccccc7)cc6)cc5)ccc34)ccc21. The highest BCUT2D eigenvalue weighted by atomic mass is 32.1. The Balaban J connectivity index is 0.913. The first-order chi connectivity index (χ1) is 29.0. The number of nitrogens with zero attached hydrogens (tertiary/aromatic N) is 1. The molecular weight excluding hydrogens is 731 g/mol. The molecule has 1 aliphatic rings. The largest absolute Gasteiger partial charge is 0.311 e. The molecule has 0 radical (unpaired) electrons. The smallest absolute Gasteiger partial charge is 0.0462 e. The van der Waals surface area contributed by atoms with Crippen molar-refractivity contribution in [1.29, 1.82) is 0 Å². The predicted molar refractivity (Wildman–Crippen MR) is 253 cm³/mol. The second kappa shape index (κ2) is 14.1. The van der Waals surface area contributed by atoms with E-state index in [1.54, 1.807) is 0 Å². The Bertz CT molecular complexity index is 3060. The van der Waals surface area contributed by atoms with Crippen molar-refractivity contribution >= 4 is 48.6 Å². The maximum Gasteiger partial charge on any atom is 0.0462 e. The van der Waals surface area contributed by atoms with E-state index in [2.05, 4.69) is 231 Å². The molecule has 59 heavy (non-hydrogen) atoms. The van der Waals surface area contributed by atoms with Crippen molar-refractivity contribution in [2.24, 2.45) is 0 Å². The van der Waals surface area contributed by atoms with Gasteiger partial charge in [0, 0.05) is 42.6 Å². The zero-order chi connectivity index (χ0) is 39.5. The summed E-state index contributed by atoms with van der Waals surface area (Å²) in [5, 5.41) is 2.63. The molecule has 0 spiro atoms. The lowest BCUT2D eigenvalue weighted by Gasteiger charge is -2.26. The van der Waals surface area contributed by atoms with Gasteiger partial charge in [0.2, 0.25) is 0 Å². The zero-order valence-electron chi connectivity index (χ0n) is 33.1. The van der Waals surface area contributed by atoms with Crippen molar-refractivity contribution in [1.82, 2.24) is 0 Å². The summed E-state index contributed by atoms with van der Waals surface area (Å²) in [5.74, 6) is 0. The van der Waals surface area contributed by atoms with Crippen LogP contribution < -0.4 is 4.90 Å². The molecule has 10 aromatic rings. The molecule has 1 nitrogen and oxygen atoms in total. The highest BCUT2D eigenvalue weighted by molar-refractivity contribution is 7.25. The van der Waals surface area contributed by atoms with Crippen molar-refractivity contribution < 1.29 is 0 Å². The van der Waals surface area contributed by atoms with Gasteiger partial charge in [-0.3, -0.25) is 0 Å². The molecule has 2 heteroatoms. The summed E-state index contributed by atoms with van der Waals surface area (Å²) in [6, 6.07) is 77.9. The Morgan fingerprint density at radius 2 is 0.695 bits per heavy atom. The van der Waals surface area contributed by atoms with Crippen LogP contribution in [0.3, 0.4) is 0 Å². The Kier molecular flexibility index (Phi) is 8.43. The molecule has 0 unspecified atom stereocenters. The second-order valence-corrected chi connectivity index (χ2v) is 17.2. The minimum atomic E-state index is 0.0154. The third kappa shape index (κ3) is 6.16. The minimum Gasteiger partial charge on any atom is -0.311 e. The molecule has 9 aromatic carbocycles. The Morgan fingerprint density at radius 3 is 1.22 bits per heavy atom. The van der Waals surface area contributed by atoms with E-state index in [0.29, 0.717) is 0 Å². The van der Waals surface area contributed by atoms with Crippen LogP contribution in [0, 0.1) is 0 Å². The van der Waals surface area contributed by atoms with Crippen molar-refractivity contribution in [2.45, 2.75) is 19.3 Å². The van der Waals surface area contributed by atoms with Gasteiger partial charge in [0.25, 0.3) is 0 Å². The predicted octanol–water partition coefficient (Wildman–Crippen LogP) is 16.5. The summed E-state index contributed by atoms with van der Waals surface area (Å²) in [4.78, 5) is 2.35. The molecule has 0 saturated heterocycles. The van der Waals surface area contributed by atoms with Crippen LogP contribution in [0.15, 0.2) is 212 Å². The maximum absolute atomic E-state index is 2.40.